The first-order chi connectivity index (χ1) is 13.4. The van der Waals surface area contributed by atoms with E-state index in [0.717, 1.165) is 37.1 Å². The van der Waals surface area contributed by atoms with E-state index in [0.29, 0.717) is 24.3 Å². The first-order valence-electron chi connectivity index (χ1n) is 9.01. The van der Waals surface area contributed by atoms with Crippen molar-refractivity contribution in [2.45, 2.75) is 37.1 Å². The molecule has 0 spiro atoms. The second-order valence-electron chi connectivity index (χ2n) is 6.83. The number of halogens is 4. The lowest BCUT2D eigenvalue weighted by Gasteiger charge is -2.14. The maximum absolute atomic E-state index is 12.9. The Morgan fingerprint density at radius 3 is 1.32 bits per heavy atom. The van der Waals surface area contributed by atoms with Gasteiger partial charge < -0.3 is 20.9 Å². The molecule has 4 rings (SSSR count). The lowest BCUT2D eigenvalue weighted by Crippen LogP contribution is -2.23. The minimum Gasteiger partial charge on any atom is -0.372 e. The number of nitrogens with two attached hydrogens (primary N) is 2. The summed E-state index contributed by atoms with van der Waals surface area (Å²) in [6.07, 6.45) is 0.906. The summed E-state index contributed by atoms with van der Waals surface area (Å²) in [5, 5.41) is 0. The maximum atomic E-state index is 12.9. The van der Waals surface area contributed by atoms with Gasteiger partial charge in [-0.2, -0.15) is 0 Å². The molecule has 152 valence electrons. The number of benzene rings is 2. The smallest absolute Gasteiger partial charge is 0.159 e. The van der Waals surface area contributed by atoms with E-state index in [2.05, 4.69) is 0 Å². The SMILES string of the molecule is N[C@@H]1CCO[C@H]1c1ccc(F)c(F)c1.N[C@H]1CCO[C@@H]1c1ccc(F)c(F)c1. The van der Waals surface area contributed by atoms with E-state index in [4.69, 9.17) is 20.9 Å². The van der Waals surface area contributed by atoms with Gasteiger partial charge in [0.15, 0.2) is 23.3 Å². The topological polar surface area (TPSA) is 70.5 Å². The van der Waals surface area contributed by atoms with Crippen molar-refractivity contribution < 1.29 is 27.0 Å². The minimum absolute atomic E-state index is 0.125. The first kappa shape index (κ1) is 20.7. The van der Waals surface area contributed by atoms with E-state index in [-0.39, 0.29) is 24.3 Å². The first-order valence-corrected chi connectivity index (χ1v) is 9.01. The molecule has 0 radical (unpaired) electrons. The summed E-state index contributed by atoms with van der Waals surface area (Å²) in [7, 11) is 0. The van der Waals surface area contributed by atoms with Gasteiger partial charge in [0.2, 0.25) is 0 Å². The summed E-state index contributed by atoms with van der Waals surface area (Å²) in [6.45, 7) is 1.15. The average Bonchev–Trinajstić information content (AvgIpc) is 3.29. The van der Waals surface area contributed by atoms with Crippen molar-refractivity contribution in [1.29, 1.82) is 0 Å². The number of ether oxygens (including phenoxy) is 2. The zero-order valence-electron chi connectivity index (χ0n) is 15.1. The molecule has 2 aromatic rings. The molecule has 2 aromatic carbocycles. The highest BCUT2D eigenvalue weighted by Crippen LogP contribution is 2.29. The molecule has 8 heteroatoms. The van der Waals surface area contributed by atoms with Crippen LogP contribution in [-0.4, -0.2) is 25.3 Å². The zero-order chi connectivity index (χ0) is 20.3. The van der Waals surface area contributed by atoms with Crippen molar-refractivity contribution in [3.63, 3.8) is 0 Å². The predicted molar refractivity (Wildman–Crippen MR) is 95.3 cm³/mol. The van der Waals surface area contributed by atoms with Crippen molar-refractivity contribution in [1.82, 2.24) is 0 Å². The second kappa shape index (κ2) is 9.00. The molecule has 0 unspecified atom stereocenters. The van der Waals surface area contributed by atoms with Gasteiger partial charge in [0.25, 0.3) is 0 Å². The molecule has 28 heavy (non-hydrogen) atoms. The van der Waals surface area contributed by atoms with Crippen LogP contribution in [0.15, 0.2) is 36.4 Å². The van der Waals surface area contributed by atoms with Crippen molar-refractivity contribution in [3.05, 3.63) is 70.8 Å². The largest absolute Gasteiger partial charge is 0.372 e. The fraction of sp³-hybridized carbons (Fsp3) is 0.400. The summed E-state index contributed by atoms with van der Waals surface area (Å²) in [5.41, 5.74) is 12.7. The van der Waals surface area contributed by atoms with E-state index in [1.807, 2.05) is 0 Å². The van der Waals surface area contributed by atoms with Crippen molar-refractivity contribution in [3.8, 4) is 0 Å². The van der Waals surface area contributed by atoms with Gasteiger partial charge in [-0.25, -0.2) is 17.6 Å². The summed E-state index contributed by atoms with van der Waals surface area (Å²) in [4.78, 5) is 0. The third-order valence-electron chi connectivity index (χ3n) is 4.82. The van der Waals surface area contributed by atoms with Gasteiger partial charge in [-0.05, 0) is 48.2 Å². The Bertz CT molecular complexity index is 753. The number of hydrogen-bond acceptors (Lipinski definition) is 4. The van der Waals surface area contributed by atoms with Crippen LogP contribution in [0.2, 0.25) is 0 Å². The van der Waals surface area contributed by atoms with Crippen LogP contribution in [0.4, 0.5) is 17.6 Å². The zero-order valence-corrected chi connectivity index (χ0v) is 15.1. The molecule has 4 atom stereocenters. The van der Waals surface area contributed by atoms with E-state index in [1.54, 1.807) is 0 Å². The Balaban J connectivity index is 0.000000161. The van der Waals surface area contributed by atoms with E-state index in [1.165, 1.54) is 12.1 Å². The molecule has 2 saturated heterocycles. The molecular weight excluding hydrogens is 376 g/mol. The molecule has 2 aliphatic heterocycles. The van der Waals surface area contributed by atoms with E-state index >= 15 is 0 Å². The van der Waals surface area contributed by atoms with E-state index < -0.39 is 23.3 Å². The van der Waals surface area contributed by atoms with Crippen molar-refractivity contribution in [2.75, 3.05) is 13.2 Å². The summed E-state index contributed by atoms with van der Waals surface area (Å²) >= 11 is 0. The Morgan fingerprint density at radius 1 is 0.643 bits per heavy atom. The lowest BCUT2D eigenvalue weighted by molar-refractivity contribution is 0.104. The number of rotatable bonds is 2. The molecule has 0 saturated carbocycles. The normalized spacial score (nSPS) is 26.8. The molecule has 0 amide bonds. The van der Waals surface area contributed by atoms with Gasteiger partial charge in [0.05, 0.1) is 12.2 Å². The average molecular weight is 398 g/mol. The van der Waals surface area contributed by atoms with Gasteiger partial charge in [0.1, 0.15) is 0 Å². The van der Waals surface area contributed by atoms with Crippen LogP contribution in [0.5, 0.6) is 0 Å². The maximum Gasteiger partial charge on any atom is 0.159 e. The molecule has 0 aromatic heterocycles. The third kappa shape index (κ3) is 4.70. The second-order valence-corrected chi connectivity index (χ2v) is 6.83. The van der Waals surface area contributed by atoms with Gasteiger partial charge in [-0.1, -0.05) is 12.1 Å². The van der Waals surface area contributed by atoms with Crippen LogP contribution >= 0.6 is 0 Å². The van der Waals surface area contributed by atoms with Gasteiger partial charge in [-0.15, -0.1) is 0 Å². The molecule has 4 nitrogen and oxygen atoms in total. The van der Waals surface area contributed by atoms with Crippen LogP contribution in [-0.2, 0) is 9.47 Å². The standard InChI is InChI=1S/2C10H11F2NO/c2*11-7-2-1-6(5-8(7)12)10-9(13)3-4-14-10/h2*1-2,5,9-10H,3-4,13H2/t2*9-,10+/m10/s1. The fourth-order valence-corrected chi connectivity index (χ4v) is 3.28. The van der Waals surface area contributed by atoms with Crippen LogP contribution < -0.4 is 11.5 Å². The van der Waals surface area contributed by atoms with Gasteiger partial charge >= 0.3 is 0 Å². The molecule has 2 heterocycles. The molecule has 0 aliphatic carbocycles. The Labute approximate surface area is 160 Å². The quantitative estimate of drug-likeness (QED) is 0.760. The van der Waals surface area contributed by atoms with Crippen LogP contribution in [0.3, 0.4) is 0 Å². The summed E-state index contributed by atoms with van der Waals surface area (Å²) in [6, 6.07) is 7.25. The molecule has 2 fully saturated rings. The van der Waals surface area contributed by atoms with Crippen molar-refractivity contribution >= 4 is 0 Å². The summed E-state index contributed by atoms with van der Waals surface area (Å²) in [5.74, 6) is -3.41. The van der Waals surface area contributed by atoms with Crippen LogP contribution in [0.25, 0.3) is 0 Å². The molecular formula is C20H22F4N2O2. The van der Waals surface area contributed by atoms with Crippen LogP contribution in [0, 0.1) is 23.3 Å². The highest BCUT2D eigenvalue weighted by atomic mass is 19.2. The molecule has 0 bridgehead atoms. The number of hydrogen-bond donors (Lipinski definition) is 2. The van der Waals surface area contributed by atoms with Crippen molar-refractivity contribution in [2.24, 2.45) is 11.5 Å². The highest BCUT2D eigenvalue weighted by Gasteiger charge is 2.27. The van der Waals surface area contributed by atoms with Crippen LogP contribution in [0.1, 0.15) is 36.2 Å². The fourth-order valence-electron chi connectivity index (χ4n) is 3.28. The Kier molecular flexibility index (Phi) is 6.66. The third-order valence-corrected chi connectivity index (χ3v) is 4.82. The Hall–Kier alpha value is -2.00. The van der Waals surface area contributed by atoms with E-state index in [9.17, 15) is 17.6 Å². The predicted octanol–water partition coefficient (Wildman–Crippen LogP) is 3.51. The summed E-state index contributed by atoms with van der Waals surface area (Å²) < 4.78 is 61.7. The molecule has 4 N–H and O–H groups in total. The highest BCUT2D eigenvalue weighted by molar-refractivity contribution is 5.23. The minimum atomic E-state index is -0.856. The molecule has 2 aliphatic rings. The Morgan fingerprint density at radius 2 is 1.04 bits per heavy atom. The van der Waals surface area contributed by atoms with Gasteiger partial charge in [-0.3, -0.25) is 0 Å². The lowest BCUT2D eigenvalue weighted by atomic mass is 10.0. The van der Waals surface area contributed by atoms with Gasteiger partial charge in [0, 0.05) is 25.3 Å². The monoisotopic (exact) mass is 398 g/mol.